The number of rotatable bonds is 6. The first-order chi connectivity index (χ1) is 10.5. The molecular formula is C17H17ClO4. The van der Waals surface area contributed by atoms with Gasteiger partial charge in [-0.05, 0) is 37.1 Å². The number of aryl methyl sites for hydroxylation is 1. The third-order valence-corrected chi connectivity index (χ3v) is 3.47. The fourth-order valence-electron chi connectivity index (χ4n) is 2.02. The van der Waals surface area contributed by atoms with Gasteiger partial charge in [0, 0.05) is 0 Å². The van der Waals surface area contributed by atoms with Gasteiger partial charge in [0.2, 0.25) is 0 Å². The molecule has 2 aromatic rings. The molecule has 0 radical (unpaired) electrons. The molecule has 22 heavy (non-hydrogen) atoms. The van der Waals surface area contributed by atoms with Crippen LogP contribution in [-0.2, 0) is 6.61 Å². The largest absolute Gasteiger partial charge is 0.490 e. The first kappa shape index (κ1) is 16.2. The Bertz CT molecular complexity index is 682. The van der Waals surface area contributed by atoms with Crippen LogP contribution in [0.15, 0.2) is 36.4 Å². The molecule has 2 rings (SSSR count). The highest BCUT2D eigenvalue weighted by Crippen LogP contribution is 2.37. The second kappa shape index (κ2) is 7.18. The number of carbonyl (C=O) groups is 1. The summed E-state index contributed by atoms with van der Waals surface area (Å²) in [4.78, 5) is 11.1. The summed E-state index contributed by atoms with van der Waals surface area (Å²) in [5.74, 6) is -0.369. The lowest BCUT2D eigenvalue weighted by atomic mass is 10.1. The van der Waals surface area contributed by atoms with Gasteiger partial charge in [-0.1, -0.05) is 35.9 Å². The minimum atomic E-state index is -1.06. The molecule has 0 heterocycles. The number of carboxylic acid groups (broad SMARTS) is 1. The highest BCUT2D eigenvalue weighted by Gasteiger charge is 2.16. The summed E-state index contributed by atoms with van der Waals surface area (Å²) in [6.07, 6.45) is 0. The van der Waals surface area contributed by atoms with Crippen molar-refractivity contribution >= 4 is 17.6 Å². The summed E-state index contributed by atoms with van der Waals surface area (Å²) >= 11 is 6.15. The molecule has 0 atom stereocenters. The van der Waals surface area contributed by atoms with Crippen molar-refractivity contribution in [1.29, 1.82) is 0 Å². The van der Waals surface area contributed by atoms with Crippen molar-refractivity contribution in [2.24, 2.45) is 0 Å². The maximum Gasteiger partial charge on any atom is 0.335 e. The Morgan fingerprint density at radius 2 is 1.95 bits per heavy atom. The zero-order valence-electron chi connectivity index (χ0n) is 12.4. The molecule has 0 unspecified atom stereocenters. The summed E-state index contributed by atoms with van der Waals surface area (Å²) in [7, 11) is 0. The molecule has 2 aromatic carbocycles. The van der Waals surface area contributed by atoms with Crippen molar-refractivity contribution in [3.05, 3.63) is 58.1 Å². The average molecular weight is 321 g/mol. The van der Waals surface area contributed by atoms with Gasteiger partial charge in [0.25, 0.3) is 0 Å². The van der Waals surface area contributed by atoms with Gasteiger partial charge >= 0.3 is 5.97 Å². The van der Waals surface area contributed by atoms with E-state index >= 15 is 0 Å². The van der Waals surface area contributed by atoms with Crippen molar-refractivity contribution in [3.63, 3.8) is 0 Å². The third-order valence-electron chi connectivity index (χ3n) is 3.19. The lowest BCUT2D eigenvalue weighted by Gasteiger charge is -2.15. The van der Waals surface area contributed by atoms with Crippen LogP contribution in [0.1, 0.15) is 28.4 Å². The average Bonchev–Trinajstić information content (AvgIpc) is 2.48. The number of hydrogen-bond donors (Lipinski definition) is 1. The summed E-state index contributed by atoms with van der Waals surface area (Å²) < 4.78 is 11.2. The molecule has 0 aromatic heterocycles. The van der Waals surface area contributed by atoms with E-state index in [9.17, 15) is 4.79 Å². The molecule has 0 spiro atoms. The SMILES string of the molecule is CCOc1cc(C(=O)O)cc(Cl)c1OCc1ccccc1C. The van der Waals surface area contributed by atoms with Gasteiger partial charge in [-0.25, -0.2) is 4.79 Å². The van der Waals surface area contributed by atoms with Crippen molar-refractivity contribution in [1.82, 2.24) is 0 Å². The Kier molecular flexibility index (Phi) is 5.28. The molecule has 0 aliphatic heterocycles. The maximum absolute atomic E-state index is 11.1. The summed E-state index contributed by atoms with van der Waals surface area (Å²) in [5.41, 5.74) is 2.21. The van der Waals surface area contributed by atoms with Crippen LogP contribution in [-0.4, -0.2) is 17.7 Å². The fraction of sp³-hybridized carbons (Fsp3) is 0.235. The minimum absolute atomic E-state index is 0.0664. The number of ether oxygens (including phenoxy) is 2. The van der Waals surface area contributed by atoms with Crippen LogP contribution in [0.2, 0.25) is 5.02 Å². The third kappa shape index (κ3) is 3.71. The van der Waals surface area contributed by atoms with E-state index in [1.54, 1.807) is 0 Å². The zero-order chi connectivity index (χ0) is 16.1. The van der Waals surface area contributed by atoms with Crippen LogP contribution in [0, 0.1) is 6.92 Å². The molecule has 1 N–H and O–H groups in total. The lowest BCUT2D eigenvalue weighted by molar-refractivity contribution is 0.0696. The Labute approximate surface area is 134 Å². The molecule has 0 bridgehead atoms. The molecule has 0 saturated heterocycles. The Balaban J connectivity index is 2.29. The van der Waals surface area contributed by atoms with Gasteiger partial charge in [-0.2, -0.15) is 0 Å². The fourth-order valence-corrected chi connectivity index (χ4v) is 2.28. The van der Waals surface area contributed by atoms with Crippen LogP contribution < -0.4 is 9.47 Å². The van der Waals surface area contributed by atoms with E-state index in [0.717, 1.165) is 11.1 Å². The van der Waals surface area contributed by atoms with E-state index in [4.69, 9.17) is 26.2 Å². The highest BCUT2D eigenvalue weighted by atomic mass is 35.5. The van der Waals surface area contributed by atoms with E-state index in [1.165, 1.54) is 12.1 Å². The zero-order valence-corrected chi connectivity index (χ0v) is 13.2. The minimum Gasteiger partial charge on any atom is -0.490 e. The monoisotopic (exact) mass is 320 g/mol. The van der Waals surface area contributed by atoms with Gasteiger partial charge in [0.15, 0.2) is 11.5 Å². The highest BCUT2D eigenvalue weighted by molar-refractivity contribution is 6.32. The number of halogens is 1. The van der Waals surface area contributed by atoms with Crippen molar-refractivity contribution in [2.45, 2.75) is 20.5 Å². The molecule has 0 aliphatic carbocycles. The van der Waals surface area contributed by atoms with E-state index in [0.29, 0.717) is 24.7 Å². The van der Waals surface area contributed by atoms with Gasteiger partial charge in [-0.15, -0.1) is 0 Å². The summed E-state index contributed by atoms with van der Waals surface area (Å²) in [6, 6.07) is 10.6. The van der Waals surface area contributed by atoms with E-state index in [1.807, 2.05) is 38.1 Å². The molecule has 0 saturated carbocycles. The topological polar surface area (TPSA) is 55.8 Å². The lowest BCUT2D eigenvalue weighted by Crippen LogP contribution is -2.04. The smallest absolute Gasteiger partial charge is 0.335 e. The van der Waals surface area contributed by atoms with Crippen molar-refractivity contribution in [2.75, 3.05) is 6.61 Å². The van der Waals surface area contributed by atoms with Crippen molar-refractivity contribution < 1.29 is 19.4 Å². The molecule has 5 heteroatoms. The molecule has 116 valence electrons. The second-order valence-corrected chi connectivity index (χ2v) is 5.15. The van der Waals surface area contributed by atoms with Gasteiger partial charge < -0.3 is 14.6 Å². The standard InChI is InChI=1S/C17H17ClO4/c1-3-21-15-9-13(17(19)20)8-14(18)16(15)22-10-12-7-5-4-6-11(12)2/h4-9H,3,10H2,1-2H3,(H,19,20). The summed E-state index contributed by atoms with van der Waals surface area (Å²) in [6.45, 7) is 4.53. The summed E-state index contributed by atoms with van der Waals surface area (Å²) in [5, 5.41) is 9.30. The number of benzene rings is 2. The molecule has 0 aliphatic rings. The van der Waals surface area contributed by atoms with Crippen LogP contribution in [0.5, 0.6) is 11.5 Å². The maximum atomic E-state index is 11.1. The Morgan fingerprint density at radius 3 is 2.59 bits per heavy atom. The molecule has 0 amide bonds. The van der Waals surface area contributed by atoms with Crippen LogP contribution in [0.4, 0.5) is 0 Å². The Hall–Kier alpha value is -2.20. The predicted octanol–water partition coefficient (Wildman–Crippen LogP) is 4.32. The predicted molar refractivity (Wildman–Crippen MR) is 85.1 cm³/mol. The number of aromatic carboxylic acids is 1. The Morgan fingerprint density at radius 1 is 1.23 bits per heavy atom. The van der Waals surface area contributed by atoms with Crippen LogP contribution in [0.25, 0.3) is 0 Å². The first-order valence-corrected chi connectivity index (χ1v) is 7.27. The number of hydrogen-bond acceptors (Lipinski definition) is 3. The van der Waals surface area contributed by atoms with Crippen LogP contribution in [0.3, 0.4) is 0 Å². The van der Waals surface area contributed by atoms with Gasteiger partial charge in [0.1, 0.15) is 6.61 Å². The second-order valence-electron chi connectivity index (χ2n) is 4.74. The molecular weight excluding hydrogens is 304 g/mol. The van der Waals surface area contributed by atoms with Crippen molar-refractivity contribution in [3.8, 4) is 11.5 Å². The van der Waals surface area contributed by atoms with Crippen LogP contribution >= 0.6 is 11.6 Å². The van der Waals surface area contributed by atoms with Gasteiger partial charge in [0.05, 0.1) is 17.2 Å². The first-order valence-electron chi connectivity index (χ1n) is 6.90. The van der Waals surface area contributed by atoms with E-state index in [-0.39, 0.29) is 10.6 Å². The van der Waals surface area contributed by atoms with E-state index < -0.39 is 5.97 Å². The van der Waals surface area contributed by atoms with Gasteiger partial charge in [-0.3, -0.25) is 0 Å². The molecule has 4 nitrogen and oxygen atoms in total. The normalized spacial score (nSPS) is 10.3. The number of carboxylic acids is 1. The quantitative estimate of drug-likeness (QED) is 0.861. The molecule has 0 fully saturated rings. The van der Waals surface area contributed by atoms with E-state index in [2.05, 4.69) is 0 Å².